The second-order valence-corrected chi connectivity index (χ2v) is 6.60. The van der Waals surface area contributed by atoms with Gasteiger partial charge in [-0.25, -0.2) is 0 Å². The monoisotopic (exact) mass is 404 g/mol. The molecule has 0 saturated heterocycles. The SMILES string of the molecule is COc1ccc(Br)c(C(=O)NCCNC2CCCCCC2)c1.Cl. The summed E-state index contributed by atoms with van der Waals surface area (Å²) < 4.78 is 5.94. The summed E-state index contributed by atoms with van der Waals surface area (Å²) in [5, 5.41) is 6.51. The fourth-order valence-corrected chi connectivity index (χ4v) is 3.26. The second-order valence-electron chi connectivity index (χ2n) is 5.74. The van der Waals surface area contributed by atoms with Crippen LogP contribution in [0.15, 0.2) is 22.7 Å². The van der Waals surface area contributed by atoms with Crippen LogP contribution in [0.2, 0.25) is 0 Å². The van der Waals surface area contributed by atoms with E-state index >= 15 is 0 Å². The Morgan fingerprint density at radius 1 is 1.22 bits per heavy atom. The number of halogens is 2. The average molecular weight is 406 g/mol. The van der Waals surface area contributed by atoms with E-state index in [4.69, 9.17) is 4.74 Å². The molecule has 1 aliphatic rings. The van der Waals surface area contributed by atoms with E-state index in [0.717, 1.165) is 11.0 Å². The summed E-state index contributed by atoms with van der Waals surface area (Å²) in [6, 6.07) is 6.02. The average Bonchev–Trinajstić information content (AvgIpc) is 2.80. The van der Waals surface area contributed by atoms with Gasteiger partial charge in [0.15, 0.2) is 0 Å². The van der Waals surface area contributed by atoms with Gasteiger partial charge in [0.05, 0.1) is 12.7 Å². The lowest BCUT2D eigenvalue weighted by molar-refractivity contribution is 0.0952. The molecule has 0 heterocycles. The summed E-state index contributed by atoms with van der Waals surface area (Å²) >= 11 is 3.41. The summed E-state index contributed by atoms with van der Waals surface area (Å²) in [4.78, 5) is 12.2. The zero-order chi connectivity index (χ0) is 15.8. The predicted octanol–water partition coefficient (Wildman–Crippen LogP) is 3.92. The third-order valence-corrected chi connectivity index (χ3v) is 4.81. The standard InChI is InChI=1S/C17H25BrN2O2.ClH/c1-22-14-8-9-16(18)15(12-14)17(21)20-11-10-19-13-6-4-2-3-5-7-13;/h8-9,12-13,19H,2-7,10-11H2,1H3,(H,20,21);1H. The van der Waals surface area contributed by atoms with Crippen molar-refractivity contribution in [2.24, 2.45) is 0 Å². The van der Waals surface area contributed by atoms with E-state index in [9.17, 15) is 4.79 Å². The first-order valence-corrected chi connectivity index (χ1v) is 8.85. The Balaban J connectivity index is 0.00000264. The number of rotatable bonds is 6. The van der Waals surface area contributed by atoms with Gasteiger partial charge in [-0.15, -0.1) is 12.4 Å². The summed E-state index contributed by atoms with van der Waals surface area (Å²) in [6.07, 6.45) is 7.88. The van der Waals surface area contributed by atoms with Crippen LogP contribution in [0.25, 0.3) is 0 Å². The van der Waals surface area contributed by atoms with Gasteiger partial charge in [0.1, 0.15) is 5.75 Å². The fourth-order valence-electron chi connectivity index (χ4n) is 2.84. The maximum absolute atomic E-state index is 12.2. The molecule has 1 amide bonds. The quantitative estimate of drug-likeness (QED) is 0.557. The van der Waals surface area contributed by atoms with Gasteiger partial charge >= 0.3 is 0 Å². The first-order chi connectivity index (χ1) is 10.7. The number of carbonyl (C=O) groups excluding carboxylic acids is 1. The molecule has 0 atom stereocenters. The van der Waals surface area contributed by atoms with Crippen molar-refractivity contribution >= 4 is 34.2 Å². The van der Waals surface area contributed by atoms with Crippen molar-refractivity contribution < 1.29 is 9.53 Å². The molecule has 6 heteroatoms. The first-order valence-electron chi connectivity index (χ1n) is 8.06. The number of carbonyl (C=O) groups is 1. The molecule has 0 aromatic heterocycles. The molecule has 130 valence electrons. The smallest absolute Gasteiger partial charge is 0.252 e. The molecular formula is C17H26BrClN2O2. The highest BCUT2D eigenvalue weighted by Crippen LogP contribution is 2.22. The molecule has 2 N–H and O–H groups in total. The molecule has 0 spiro atoms. The van der Waals surface area contributed by atoms with Crippen molar-refractivity contribution in [1.82, 2.24) is 10.6 Å². The highest BCUT2D eigenvalue weighted by Gasteiger charge is 2.13. The summed E-state index contributed by atoms with van der Waals surface area (Å²) in [6.45, 7) is 1.46. The van der Waals surface area contributed by atoms with Crippen LogP contribution in [-0.4, -0.2) is 32.1 Å². The van der Waals surface area contributed by atoms with Gasteiger partial charge in [0.25, 0.3) is 5.91 Å². The van der Waals surface area contributed by atoms with Crippen LogP contribution in [0, 0.1) is 0 Å². The zero-order valence-electron chi connectivity index (χ0n) is 13.6. The largest absolute Gasteiger partial charge is 0.497 e. The normalized spacial score (nSPS) is 15.4. The second kappa shape index (κ2) is 10.9. The van der Waals surface area contributed by atoms with E-state index in [2.05, 4.69) is 26.6 Å². The molecule has 1 saturated carbocycles. The van der Waals surface area contributed by atoms with Crippen molar-refractivity contribution in [3.8, 4) is 5.75 Å². The Morgan fingerprint density at radius 2 is 1.91 bits per heavy atom. The third-order valence-electron chi connectivity index (χ3n) is 4.12. The Bertz CT molecular complexity index is 491. The number of hydrogen-bond acceptors (Lipinski definition) is 3. The van der Waals surface area contributed by atoms with Crippen LogP contribution in [0.4, 0.5) is 0 Å². The number of amides is 1. The molecule has 0 radical (unpaired) electrons. The minimum Gasteiger partial charge on any atom is -0.497 e. The van der Waals surface area contributed by atoms with Crippen molar-refractivity contribution in [1.29, 1.82) is 0 Å². The van der Waals surface area contributed by atoms with Gasteiger partial charge in [-0.05, 0) is 47.0 Å². The number of benzene rings is 1. The van der Waals surface area contributed by atoms with Gasteiger partial charge in [-0.3, -0.25) is 4.79 Å². The zero-order valence-corrected chi connectivity index (χ0v) is 16.0. The molecule has 23 heavy (non-hydrogen) atoms. The summed E-state index contributed by atoms with van der Waals surface area (Å²) in [5.41, 5.74) is 0.605. The summed E-state index contributed by atoms with van der Waals surface area (Å²) in [7, 11) is 1.60. The Hall–Kier alpha value is -0.780. The Labute approximate surface area is 153 Å². The van der Waals surface area contributed by atoms with Gasteiger partial charge in [-0.2, -0.15) is 0 Å². The highest BCUT2D eigenvalue weighted by atomic mass is 79.9. The molecular weight excluding hydrogens is 380 g/mol. The van der Waals surface area contributed by atoms with E-state index in [0.29, 0.717) is 23.9 Å². The minimum atomic E-state index is -0.0755. The van der Waals surface area contributed by atoms with Gasteiger partial charge in [-0.1, -0.05) is 25.7 Å². The summed E-state index contributed by atoms with van der Waals surface area (Å²) in [5.74, 6) is 0.610. The first kappa shape index (κ1) is 20.3. The van der Waals surface area contributed by atoms with Gasteiger partial charge in [0.2, 0.25) is 0 Å². The van der Waals surface area contributed by atoms with Crippen LogP contribution in [-0.2, 0) is 0 Å². The topological polar surface area (TPSA) is 50.4 Å². The molecule has 1 aromatic rings. The van der Waals surface area contributed by atoms with Crippen molar-refractivity contribution in [2.75, 3.05) is 20.2 Å². The van der Waals surface area contributed by atoms with Crippen LogP contribution in [0.1, 0.15) is 48.9 Å². The van der Waals surface area contributed by atoms with Crippen molar-refractivity contribution in [2.45, 2.75) is 44.6 Å². The van der Waals surface area contributed by atoms with E-state index < -0.39 is 0 Å². The highest BCUT2D eigenvalue weighted by molar-refractivity contribution is 9.10. The van der Waals surface area contributed by atoms with Crippen molar-refractivity contribution in [3.05, 3.63) is 28.2 Å². The van der Waals surface area contributed by atoms with Crippen LogP contribution >= 0.6 is 28.3 Å². The van der Waals surface area contributed by atoms with E-state index in [1.807, 2.05) is 12.1 Å². The maximum atomic E-state index is 12.2. The molecule has 1 aliphatic carbocycles. The van der Waals surface area contributed by atoms with Crippen molar-refractivity contribution in [3.63, 3.8) is 0 Å². The molecule has 1 fully saturated rings. The number of hydrogen-bond donors (Lipinski definition) is 2. The lowest BCUT2D eigenvalue weighted by Crippen LogP contribution is -2.37. The lowest BCUT2D eigenvalue weighted by atomic mass is 10.1. The van der Waals surface area contributed by atoms with E-state index in [1.54, 1.807) is 13.2 Å². The van der Waals surface area contributed by atoms with E-state index in [1.165, 1.54) is 38.5 Å². The molecule has 0 bridgehead atoms. The minimum absolute atomic E-state index is 0. The van der Waals surface area contributed by atoms with Crippen LogP contribution in [0.3, 0.4) is 0 Å². The third kappa shape index (κ3) is 6.69. The lowest BCUT2D eigenvalue weighted by Gasteiger charge is -2.16. The Kier molecular flexibility index (Phi) is 9.60. The number of nitrogens with one attached hydrogen (secondary N) is 2. The molecule has 4 nitrogen and oxygen atoms in total. The molecule has 0 unspecified atom stereocenters. The maximum Gasteiger partial charge on any atom is 0.252 e. The predicted molar refractivity (Wildman–Crippen MR) is 99.8 cm³/mol. The molecule has 2 rings (SSSR count). The Morgan fingerprint density at radius 3 is 2.57 bits per heavy atom. The fraction of sp³-hybridized carbons (Fsp3) is 0.588. The molecule has 1 aromatic carbocycles. The van der Waals surface area contributed by atoms with Crippen LogP contribution < -0.4 is 15.4 Å². The van der Waals surface area contributed by atoms with E-state index in [-0.39, 0.29) is 18.3 Å². The van der Waals surface area contributed by atoms with Gasteiger partial charge in [0, 0.05) is 23.6 Å². The van der Waals surface area contributed by atoms with Crippen LogP contribution in [0.5, 0.6) is 5.75 Å². The van der Waals surface area contributed by atoms with Gasteiger partial charge < -0.3 is 15.4 Å². The molecule has 0 aliphatic heterocycles. The number of methoxy groups -OCH3 is 1. The number of ether oxygens (including phenoxy) is 1.